The summed E-state index contributed by atoms with van der Waals surface area (Å²) in [5.74, 6) is 0.883. The monoisotopic (exact) mass is 504 g/mol. The minimum Gasteiger partial charge on any atom is -0.492 e. The minimum atomic E-state index is -3.68. The first-order valence-corrected chi connectivity index (χ1v) is 13.4. The van der Waals surface area contributed by atoms with Crippen LogP contribution in [0.1, 0.15) is 5.56 Å². The number of carbonyl (C=O) groups excluding carboxylic acids is 1. The van der Waals surface area contributed by atoms with Crippen molar-refractivity contribution in [1.29, 1.82) is 0 Å². The molecule has 8 heteroatoms. The summed E-state index contributed by atoms with van der Waals surface area (Å²) in [6.07, 6.45) is 1.07. The van der Waals surface area contributed by atoms with Gasteiger partial charge in [0, 0.05) is 0 Å². The first-order valence-electron chi connectivity index (χ1n) is 11.5. The fraction of sp³-hybridized carbons (Fsp3) is 0.179. The summed E-state index contributed by atoms with van der Waals surface area (Å²) < 4.78 is 37.3. The Kier molecular flexibility index (Phi) is 8.07. The normalized spacial score (nSPS) is 11.1. The number of sulfonamides is 1. The first kappa shape index (κ1) is 25.1. The van der Waals surface area contributed by atoms with Crippen molar-refractivity contribution < 1.29 is 22.7 Å². The third kappa shape index (κ3) is 6.99. The van der Waals surface area contributed by atoms with Gasteiger partial charge in [0.15, 0.2) is 0 Å². The molecule has 0 saturated heterocycles. The Hall–Kier alpha value is -4.04. The molecule has 4 rings (SSSR count). The maximum absolute atomic E-state index is 12.5. The molecule has 0 unspecified atom stereocenters. The molecule has 0 fully saturated rings. The molecule has 0 atom stereocenters. The second-order valence-electron chi connectivity index (χ2n) is 8.25. The van der Waals surface area contributed by atoms with Gasteiger partial charge in [-0.15, -0.1) is 0 Å². The zero-order chi connectivity index (χ0) is 25.4. The second kappa shape index (κ2) is 11.6. The Labute approximate surface area is 211 Å². The molecule has 0 saturated carbocycles. The predicted molar refractivity (Wildman–Crippen MR) is 142 cm³/mol. The summed E-state index contributed by atoms with van der Waals surface area (Å²) >= 11 is 0. The van der Waals surface area contributed by atoms with Crippen LogP contribution in [0.25, 0.3) is 10.8 Å². The summed E-state index contributed by atoms with van der Waals surface area (Å²) in [6, 6.07) is 30.1. The number of amides is 1. The number of rotatable bonds is 11. The topological polar surface area (TPSA) is 84.9 Å². The lowest BCUT2D eigenvalue weighted by Crippen LogP contribution is -2.41. The summed E-state index contributed by atoms with van der Waals surface area (Å²) in [6.45, 7) is 0.574. The van der Waals surface area contributed by atoms with E-state index in [0.717, 1.165) is 26.9 Å². The number of hydrogen-bond donors (Lipinski definition) is 1. The van der Waals surface area contributed by atoms with Crippen molar-refractivity contribution in [2.75, 3.05) is 30.3 Å². The van der Waals surface area contributed by atoms with E-state index in [1.54, 1.807) is 24.3 Å². The summed E-state index contributed by atoms with van der Waals surface area (Å²) in [5.41, 5.74) is 1.41. The van der Waals surface area contributed by atoms with Crippen LogP contribution in [0.2, 0.25) is 0 Å². The number of nitrogens with zero attached hydrogens (tertiary/aromatic N) is 1. The quantitative estimate of drug-likeness (QED) is 0.307. The van der Waals surface area contributed by atoms with Gasteiger partial charge in [0.05, 0.1) is 18.5 Å². The van der Waals surface area contributed by atoms with E-state index >= 15 is 0 Å². The summed E-state index contributed by atoms with van der Waals surface area (Å²) in [4.78, 5) is 12.5. The highest BCUT2D eigenvalue weighted by molar-refractivity contribution is 7.92. The largest absolute Gasteiger partial charge is 0.492 e. The molecule has 0 radical (unpaired) electrons. The molecule has 7 nitrogen and oxygen atoms in total. The highest BCUT2D eigenvalue weighted by Crippen LogP contribution is 2.23. The fourth-order valence-corrected chi connectivity index (χ4v) is 4.51. The molecule has 0 bridgehead atoms. The highest BCUT2D eigenvalue weighted by Gasteiger charge is 2.20. The van der Waals surface area contributed by atoms with Crippen molar-refractivity contribution in [1.82, 2.24) is 5.32 Å². The van der Waals surface area contributed by atoms with Gasteiger partial charge in [-0.05, 0) is 52.7 Å². The number of benzene rings is 4. The van der Waals surface area contributed by atoms with E-state index in [1.165, 1.54) is 0 Å². The summed E-state index contributed by atoms with van der Waals surface area (Å²) in [5, 5.41) is 4.91. The number of fused-ring (bicyclic) bond motifs is 1. The van der Waals surface area contributed by atoms with E-state index in [1.807, 2.05) is 72.8 Å². The van der Waals surface area contributed by atoms with Crippen molar-refractivity contribution >= 4 is 32.4 Å². The third-order valence-corrected chi connectivity index (χ3v) is 6.62. The lowest BCUT2D eigenvalue weighted by atomic mass is 10.1. The minimum absolute atomic E-state index is 0.246. The smallest absolute Gasteiger partial charge is 0.240 e. The molecule has 4 aromatic rings. The molecule has 1 N–H and O–H groups in total. The van der Waals surface area contributed by atoms with Crippen molar-refractivity contribution in [2.24, 2.45) is 0 Å². The van der Waals surface area contributed by atoms with Gasteiger partial charge >= 0.3 is 0 Å². The second-order valence-corrected chi connectivity index (χ2v) is 10.2. The Balaban J connectivity index is 1.28. The van der Waals surface area contributed by atoms with Crippen molar-refractivity contribution in [3.05, 3.63) is 103 Å². The average Bonchev–Trinajstić information content (AvgIpc) is 2.89. The van der Waals surface area contributed by atoms with Crippen molar-refractivity contribution in [3.8, 4) is 11.5 Å². The number of anilines is 1. The molecule has 1 amide bonds. The van der Waals surface area contributed by atoms with Gasteiger partial charge < -0.3 is 14.8 Å². The van der Waals surface area contributed by atoms with Crippen LogP contribution in [0.4, 0.5) is 5.69 Å². The first-order chi connectivity index (χ1) is 17.4. The van der Waals surface area contributed by atoms with Crippen LogP contribution in [0.15, 0.2) is 97.1 Å². The van der Waals surface area contributed by atoms with E-state index < -0.39 is 15.9 Å². The molecule has 0 aliphatic carbocycles. The van der Waals surface area contributed by atoms with E-state index in [9.17, 15) is 13.2 Å². The van der Waals surface area contributed by atoms with Crippen molar-refractivity contribution in [2.45, 2.75) is 6.61 Å². The molecule has 0 aliphatic heterocycles. The number of ether oxygens (including phenoxy) is 2. The van der Waals surface area contributed by atoms with Crippen LogP contribution < -0.4 is 19.1 Å². The molecular weight excluding hydrogens is 476 g/mol. The van der Waals surface area contributed by atoms with Gasteiger partial charge in [-0.2, -0.15) is 0 Å². The molecule has 4 aromatic carbocycles. The van der Waals surface area contributed by atoms with Crippen LogP contribution in [0.3, 0.4) is 0 Å². The average molecular weight is 505 g/mol. The Morgan fingerprint density at radius 3 is 2.19 bits per heavy atom. The number of hydrogen-bond acceptors (Lipinski definition) is 5. The Bertz CT molecular complexity index is 1410. The van der Waals surface area contributed by atoms with E-state index in [4.69, 9.17) is 9.47 Å². The maximum Gasteiger partial charge on any atom is 0.240 e. The van der Waals surface area contributed by atoms with Gasteiger partial charge in [-0.1, -0.05) is 60.7 Å². The predicted octanol–water partition coefficient (Wildman–Crippen LogP) is 4.38. The standard InChI is InChI=1S/C28H28N2O5S/c1-36(32,33)30(25-12-15-26(16-13-25)35-21-22-7-3-2-4-8-22)20-28(31)29-17-18-34-27-14-11-23-9-5-6-10-24(23)19-27/h2-16,19H,17-18,20-21H2,1H3,(H,29,31). The Morgan fingerprint density at radius 2 is 1.47 bits per heavy atom. The third-order valence-electron chi connectivity index (χ3n) is 5.47. The van der Waals surface area contributed by atoms with Gasteiger partial charge in [0.1, 0.15) is 31.3 Å². The number of carbonyl (C=O) groups is 1. The molecule has 0 aliphatic rings. The zero-order valence-electron chi connectivity index (χ0n) is 20.0. The zero-order valence-corrected chi connectivity index (χ0v) is 20.8. The van der Waals surface area contributed by atoms with Gasteiger partial charge in [0.2, 0.25) is 15.9 Å². The SMILES string of the molecule is CS(=O)(=O)N(CC(=O)NCCOc1ccc2ccccc2c1)c1ccc(OCc2ccccc2)cc1. The van der Waals surface area contributed by atoms with Crippen LogP contribution in [-0.4, -0.2) is 40.3 Å². The molecular formula is C28H28N2O5S. The van der Waals surface area contributed by atoms with Crippen LogP contribution >= 0.6 is 0 Å². The molecule has 186 valence electrons. The Morgan fingerprint density at radius 1 is 0.806 bits per heavy atom. The van der Waals surface area contributed by atoms with Gasteiger partial charge in [-0.25, -0.2) is 8.42 Å². The molecule has 0 spiro atoms. The molecule has 0 aromatic heterocycles. The fourth-order valence-electron chi connectivity index (χ4n) is 3.65. The molecule has 0 heterocycles. The van der Waals surface area contributed by atoms with Gasteiger partial charge in [-0.3, -0.25) is 9.10 Å². The molecule has 36 heavy (non-hydrogen) atoms. The summed E-state index contributed by atoms with van der Waals surface area (Å²) in [7, 11) is -3.68. The van der Waals surface area contributed by atoms with Crippen LogP contribution in [0.5, 0.6) is 11.5 Å². The lowest BCUT2D eigenvalue weighted by Gasteiger charge is -2.22. The van der Waals surface area contributed by atoms with E-state index in [2.05, 4.69) is 5.32 Å². The van der Waals surface area contributed by atoms with Crippen molar-refractivity contribution in [3.63, 3.8) is 0 Å². The van der Waals surface area contributed by atoms with Crippen LogP contribution in [0, 0.1) is 0 Å². The lowest BCUT2D eigenvalue weighted by molar-refractivity contribution is -0.119. The van der Waals surface area contributed by atoms with E-state index in [0.29, 0.717) is 23.8 Å². The maximum atomic E-state index is 12.5. The van der Waals surface area contributed by atoms with E-state index in [-0.39, 0.29) is 19.7 Å². The van der Waals surface area contributed by atoms with Gasteiger partial charge in [0.25, 0.3) is 0 Å². The highest BCUT2D eigenvalue weighted by atomic mass is 32.2. The van der Waals surface area contributed by atoms with Crippen LogP contribution in [-0.2, 0) is 21.4 Å². The number of nitrogens with one attached hydrogen (secondary N) is 1.